The quantitative estimate of drug-likeness (QED) is 0.0629. The van der Waals surface area contributed by atoms with Crippen molar-refractivity contribution in [3.8, 4) is 45.3 Å². The Kier molecular flexibility index (Phi) is 12.5. The molecule has 0 radical (unpaired) electrons. The van der Waals surface area contributed by atoms with Crippen LogP contribution >= 0.6 is 0 Å². The molecule has 4 rings (SSSR count). The molecule has 0 aromatic heterocycles. The van der Waals surface area contributed by atoms with Gasteiger partial charge in [0.05, 0.1) is 0 Å². The summed E-state index contributed by atoms with van der Waals surface area (Å²) in [7, 11) is 0. The molecule has 0 amide bonds. The summed E-state index contributed by atoms with van der Waals surface area (Å²) in [5, 5.41) is 0. The van der Waals surface area contributed by atoms with Gasteiger partial charge in [0, 0.05) is 52.1 Å². The Morgan fingerprint density at radius 3 is 1.65 bits per heavy atom. The average molecular weight is 687 g/mol. The molecule has 0 atom stereocenters. The second kappa shape index (κ2) is 17.2. The van der Waals surface area contributed by atoms with Crippen LogP contribution in [0.3, 0.4) is 0 Å². The van der Waals surface area contributed by atoms with E-state index in [1.165, 1.54) is 24.3 Å². The first-order valence-corrected chi connectivity index (χ1v) is 15.7. The van der Waals surface area contributed by atoms with Crippen LogP contribution in [0.2, 0.25) is 0 Å². The lowest BCUT2D eigenvalue weighted by molar-refractivity contribution is -0.131. The molecule has 0 fully saturated rings. The second-order valence-corrected chi connectivity index (χ2v) is 11.0. The number of ether oxygens (including phenoxy) is 4. The predicted octanol–water partition coefficient (Wildman–Crippen LogP) is 9.26. The molecule has 0 aliphatic heterocycles. The highest BCUT2D eigenvalue weighted by atomic mass is 19.1. The zero-order chi connectivity index (χ0) is 37.1. The van der Waals surface area contributed by atoms with Gasteiger partial charge in [-0.15, -0.1) is 0 Å². The summed E-state index contributed by atoms with van der Waals surface area (Å²) in [6.07, 6.45) is 8.79. The fourth-order valence-electron chi connectivity index (χ4n) is 4.48. The average Bonchev–Trinajstić information content (AvgIpc) is 3.13. The number of allylic oxidation sites excluding steroid dienone is 2. The minimum absolute atomic E-state index is 0.0844. The van der Waals surface area contributed by atoms with Crippen LogP contribution in [0.15, 0.2) is 127 Å². The van der Waals surface area contributed by atoms with Gasteiger partial charge in [0.25, 0.3) is 0 Å². The number of carbonyl (C=O) groups is 4. The van der Waals surface area contributed by atoms with E-state index in [1.807, 2.05) is 0 Å². The molecular formula is C42H35FO8. The third kappa shape index (κ3) is 9.73. The van der Waals surface area contributed by atoms with E-state index in [0.717, 1.165) is 17.7 Å². The lowest BCUT2D eigenvalue weighted by Gasteiger charge is -2.14. The topological polar surface area (TPSA) is 105 Å². The minimum atomic E-state index is -0.686. The third-order valence-corrected chi connectivity index (χ3v) is 7.58. The van der Waals surface area contributed by atoms with E-state index in [9.17, 15) is 19.2 Å². The maximum Gasteiger partial charge on any atom is 0.338 e. The van der Waals surface area contributed by atoms with E-state index in [0.29, 0.717) is 39.0 Å². The Morgan fingerprint density at radius 1 is 0.588 bits per heavy atom. The molecule has 0 N–H and O–H groups in total. The van der Waals surface area contributed by atoms with Crippen molar-refractivity contribution in [3.63, 3.8) is 0 Å². The lowest BCUT2D eigenvalue weighted by Crippen LogP contribution is -2.10. The van der Waals surface area contributed by atoms with Crippen LogP contribution in [0.1, 0.15) is 38.8 Å². The van der Waals surface area contributed by atoms with Gasteiger partial charge < -0.3 is 18.9 Å². The summed E-state index contributed by atoms with van der Waals surface area (Å²) < 4.78 is 37.2. The van der Waals surface area contributed by atoms with Crippen molar-refractivity contribution in [2.45, 2.75) is 27.7 Å². The van der Waals surface area contributed by atoms with Gasteiger partial charge >= 0.3 is 23.9 Å². The monoisotopic (exact) mass is 686 g/mol. The zero-order valence-electron chi connectivity index (χ0n) is 28.5. The highest BCUT2D eigenvalue weighted by molar-refractivity contribution is 5.92. The SMILES string of the molecule is C=CC(=O)Oc1ccc(/C=C/c2ccc(-c3ccc(-c4ccc(OC(=O)C=C)cc4OC(=O)/C(C)=C/C)cc3F)cc2)c(OC(=O)/C(C)=C/C)c1. The first-order chi connectivity index (χ1) is 24.5. The molecule has 9 heteroatoms. The summed E-state index contributed by atoms with van der Waals surface area (Å²) in [6.45, 7) is 13.4. The molecule has 0 saturated carbocycles. The van der Waals surface area contributed by atoms with Gasteiger partial charge in [-0.05, 0) is 74.7 Å². The number of carbonyl (C=O) groups excluding carboxylic acids is 4. The van der Waals surface area contributed by atoms with Gasteiger partial charge in [0.15, 0.2) is 0 Å². The van der Waals surface area contributed by atoms with Crippen molar-refractivity contribution in [3.05, 3.63) is 144 Å². The summed E-state index contributed by atoms with van der Waals surface area (Å²) >= 11 is 0. The molecule has 0 aliphatic carbocycles. The molecule has 8 nitrogen and oxygen atoms in total. The fourth-order valence-corrected chi connectivity index (χ4v) is 4.48. The normalized spacial score (nSPS) is 11.5. The van der Waals surface area contributed by atoms with Gasteiger partial charge in [0.2, 0.25) is 0 Å². The van der Waals surface area contributed by atoms with Crippen LogP contribution in [-0.2, 0) is 19.2 Å². The van der Waals surface area contributed by atoms with Crippen molar-refractivity contribution in [2.24, 2.45) is 0 Å². The molecule has 0 aliphatic rings. The molecule has 4 aromatic rings. The van der Waals surface area contributed by atoms with E-state index in [-0.39, 0.29) is 23.0 Å². The van der Waals surface area contributed by atoms with Gasteiger partial charge in [-0.25, -0.2) is 23.6 Å². The summed E-state index contributed by atoms with van der Waals surface area (Å²) in [5.41, 5.74) is 3.90. The van der Waals surface area contributed by atoms with Crippen LogP contribution in [-0.4, -0.2) is 23.9 Å². The second-order valence-electron chi connectivity index (χ2n) is 11.0. The number of hydrogen-bond acceptors (Lipinski definition) is 8. The van der Waals surface area contributed by atoms with Crippen LogP contribution in [0, 0.1) is 5.82 Å². The molecule has 0 bridgehead atoms. The van der Waals surface area contributed by atoms with E-state index in [1.54, 1.807) is 107 Å². The van der Waals surface area contributed by atoms with Crippen molar-refractivity contribution in [1.82, 2.24) is 0 Å². The van der Waals surface area contributed by atoms with E-state index in [2.05, 4.69) is 13.2 Å². The highest BCUT2D eigenvalue weighted by Crippen LogP contribution is 2.36. The molecular weight excluding hydrogens is 651 g/mol. The number of hydrogen-bond donors (Lipinski definition) is 0. The predicted molar refractivity (Wildman–Crippen MR) is 194 cm³/mol. The Morgan fingerprint density at radius 2 is 1.10 bits per heavy atom. The van der Waals surface area contributed by atoms with E-state index >= 15 is 4.39 Å². The summed E-state index contributed by atoms with van der Waals surface area (Å²) in [6, 6.07) is 20.9. The molecule has 51 heavy (non-hydrogen) atoms. The Bertz CT molecular complexity index is 2100. The van der Waals surface area contributed by atoms with Crippen molar-refractivity contribution in [2.75, 3.05) is 0 Å². The maximum absolute atomic E-state index is 15.6. The number of benzene rings is 4. The van der Waals surface area contributed by atoms with Crippen LogP contribution in [0.5, 0.6) is 23.0 Å². The van der Waals surface area contributed by atoms with Crippen molar-refractivity contribution < 1.29 is 42.5 Å². The van der Waals surface area contributed by atoms with E-state index in [4.69, 9.17) is 18.9 Å². The lowest BCUT2D eigenvalue weighted by atomic mass is 9.98. The number of halogens is 1. The Balaban J connectivity index is 1.60. The Hall–Kier alpha value is -6.61. The molecule has 0 heterocycles. The van der Waals surface area contributed by atoms with Gasteiger partial charge in [0.1, 0.15) is 28.8 Å². The number of esters is 4. The van der Waals surface area contributed by atoms with Crippen molar-refractivity contribution in [1.29, 1.82) is 0 Å². The van der Waals surface area contributed by atoms with Crippen LogP contribution in [0.4, 0.5) is 4.39 Å². The van der Waals surface area contributed by atoms with Crippen LogP contribution < -0.4 is 18.9 Å². The highest BCUT2D eigenvalue weighted by Gasteiger charge is 2.17. The smallest absolute Gasteiger partial charge is 0.338 e. The first kappa shape index (κ1) is 37.2. The maximum atomic E-state index is 15.6. The van der Waals surface area contributed by atoms with E-state index < -0.39 is 29.7 Å². The molecule has 0 spiro atoms. The number of rotatable bonds is 12. The van der Waals surface area contributed by atoms with Gasteiger partial charge in [-0.1, -0.05) is 73.9 Å². The molecule has 0 saturated heterocycles. The minimum Gasteiger partial charge on any atom is -0.423 e. The van der Waals surface area contributed by atoms with Gasteiger partial charge in [-0.3, -0.25) is 0 Å². The third-order valence-electron chi connectivity index (χ3n) is 7.58. The molecule has 4 aromatic carbocycles. The Labute approximate surface area is 295 Å². The summed E-state index contributed by atoms with van der Waals surface area (Å²) in [5.74, 6) is -2.43. The molecule has 258 valence electrons. The van der Waals surface area contributed by atoms with Crippen molar-refractivity contribution >= 4 is 36.0 Å². The molecule has 0 unspecified atom stereocenters. The fraction of sp³-hybridized carbons (Fsp3) is 0.0952. The first-order valence-electron chi connectivity index (χ1n) is 15.7. The standard InChI is InChI=1S/C42H35FO8/c1-7-26(5)41(46)50-37-24-32(48-39(44)9-3)19-17-30(37)16-13-28-11-14-29(15-12-28)34-21-18-31(23-36(34)43)35-22-20-33(49-40(45)10-4)25-38(35)51-42(47)27(6)8-2/h7-25H,3-4H2,1-2,5-6H3/b16-13+,26-7+,27-8+. The largest absolute Gasteiger partial charge is 0.423 e. The zero-order valence-corrected chi connectivity index (χ0v) is 28.5. The summed E-state index contributed by atoms with van der Waals surface area (Å²) in [4.78, 5) is 48.5. The van der Waals surface area contributed by atoms with Crippen LogP contribution in [0.25, 0.3) is 34.4 Å². The van der Waals surface area contributed by atoms with Gasteiger partial charge in [-0.2, -0.15) is 0 Å².